The topological polar surface area (TPSA) is 35.5 Å². The highest BCUT2D eigenvalue weighted by atomic mass is 79.9. The van der Waals surface area contributed by atoms with E-state index < -0.39 is 0 Å². The largest absolute Gasteiger partial charge is 0.467 e. The number of ether oxygens (including phenoxy) is 2. The third-order valence-electron chi connectivity index (χ3n) is 1.70. The zero-order valence-electron chi connectivity index (χ0n) is 7.83. The Hall–Kier alpha value is -0.870. The Morgan fingerprint density at radius 1 is 1.50 bits per heavy atom. The smallest absolute Gasteiger partial charge is 0.188 e. The number of halogens is 1. The van der Waals surface area contributed by atoms with Crippen LogP contribution < -0.4 is 4.74 Å². The van der Waals surface area contributed by atoms with Gasteiger partial charge in [-0.1, -0.05) is 22.0 Å². The van der Waals surface area contributed by atoms with Crippen LogP contribution in [0.3, 0.4) is 0 Å². The first-order chi connectivity index (χ1) is 6.79. The lowest BCUT2D eigenvalue weighted by Crippen LogP contribution is -2.02. The number of rotatable bonds is 5. The first-order valence-corrected chi connectivity index (χ1v) is 4.91. The van der Waals surface area contributed by atoms with Crippen LogP contribution in [0.5, 0.6) is 5.75 Å². The molecule has 0 fully saturated rings. The monoisotopic (exact) mass is 258 g/mol. The molecule has 0 amide bonds. The highest BCUT2D eigenvalue weighted by molar-refractivity contribution is 9.10. The Kier molecular flexibility index (Phi) is 4.62. The molecule has 1 aromatic rings. The Morgan fingerprint density at radius 3 is 2.93 bits per heavy atom. The molecular formula is C10H11BrO3. The van der Waals surface area contributed by atoms with Crippen LogP contribution in [0.1, 0.15) is 5.56 Å². The molecule has 14 heavy (non-hydrogen) atoms. The molecule has 0 aromatic heterocycles. The van der Waals surface area contributed by atoms with E-state index in [0.29, 0.717) is 12.2 Å². The van der Waals surface area contributed by atoms with Crippen molar-refractivity contribution < 1.29 is 14.3 Å². The molecule has 0 heterocycles. The van der Waals surface area contributed by atoms with Crippen molar-refractivity contribution in [1.29, 1.82) is 0 Å². The van der Waals surface area contributed by atoms with Gasteiger partial charge in [-0.15, -0.1) is 0 Å². The summed E-state index contributed by atoms with van der Waals surface area (Å²) in [4.78, 5) is 10.4. The maximum absolute atomic E-state index is 10.4. The lowest BCUT2D eigenvalue weighted by atomic mass is 10.1. The van der Waals surface area contributed by atoms with Gasteiger partial charge in [-0.3, -0.25) is 0 Å². The van der Waals surface area contributed by atoms with E-state index in [-0.39, 0.29) is 6.79 Å². The number of carbonyl (C=O) groups is 1. The van der Waals surface area contributed by atoms with E-state index in [2.05, 4.69) is 15.9 Å². The minimum atomic E-state index is 0.183. The number of hydrogen-bond donors (Lipinski definition) is 0. The fraction of sp³-hybridized carbons (Fsp3) is 0.300. The maximum atomic E-state index is 10.4. The molecule has 4 heteroatoms. The lowest BCUT2D eigenvalue weighted by Gasteiger charge is -2.10. The summed E-state index contributed by atoms with van der Waals surface area (Å²) < 4.78 is 11.0. The minimum Gasteiger partial charge on any atom is -0.467 e. The minimum absolute atomic E-state index is 0.183. The van der Waals surface area contributed by atoms with Crippen LogP contribution in [0.4, 0.5) is 0 Å². The number of hydrogen-bond acceptors (Lipinski definition) is 3. The summed E-state index contributed by atoms with van der Waals surface area (Å²) in [6.07, 6.45) is 1.18. The van der Waals surface area contributed by atoms with Gasteiger partial charge in [0.05, 0.1) is 0 Å². The van der Waals surface area contributed by atoms with Crippen LogP contribution >= 0.6 is 15.9 Å². The van der Waals surface area contributed by atoms with E-state index in [1.54, 1.807) is 7.11 Å². The van der Waals surface area contributed by atoms with Gasteiger partial charge in [-0.2, -0.15) is 0 Å². The highest BCUT2D eigenvalue weighted by Crippen LogP contribution is 2.26. The van der Waals surface area contributed by atoms with E-state index in [4.69, 9.17) is 9.47 Å². The molecule has 1 rings (SSSR count). The fourth-order valence-electron chi connectivity index (χ4n) is 1.08. The van der Waals surface area contributed by atoms with Gasteiger partial charge in [0.25, 0.3) is 0 Å². The molecule has 0 unspecified atom stereocenters. The van der Waals surface area contributed by atoms with Crippen molar-refractivity contribution in [2.45, 2.75) is 6.42 Å². The second-order valence-electron chi connectivity index (χ2n) is 2.64. The Labute approximate surface area is 91.1 Å². The third-order valence-corrected chi connectivity index (χ3v) is 2.44. The number of carbonyl (C=O) groups excluding carboxylic acids is 1. The molecule has 3 nitrogen and oxygen atoms in total. The molecule has 0 aliphatic rings. The van der Waals surface area contributed by atoms with Gasteiger partial charge in [-0.25, -0.2) is 0 Å². The van der Waals surface area contributed by atoms with Crippen molar-refractivity contribution in [1.82, 2.24) is 0 Å². The molecule has 0 spiro atoms. The molecule has 0 aliphatic heterocycles. The summed E-state index contributed by atoms with van der Waals surface area (Å²) in [6.45, 7) is 0.183. The molecule has 0 radical (unpaired) electrons. The van der Waals surface area contributed by atoms with E-state index in [9.17, 15) is 4.79 Å². The highest BCUT2D eigenvalue weighted by Gasteiger charge is 2.06. The van der Waals surface area contributed by atoms with E-state index >= 15 is 0 Å². The first-order valence-electron chi connectivity index (χ1n) is 4.12. The van der Waals surface area contributed by atoms with E-state index in [0.717, 1.165) is 16.3 Å². The molecular weight excluding hydrogens is 248 g/mol. The average Bonchev–Trinajstić information content (AvgIpc) is 2.19. The molecule has 0 bridgehead atoms. The van der Waals surface area contributed by atoms with Crippen molar-refractivity contribution >= 4 is 22.2 Å². The second-order valence-corrected chi connectivity index (χ2v) is 3.49. The zero-order valence-corrected chi connectivity index (χ0v) is 9.41. The Bertz CT molecular complexity index is 312. The predicted octanol–water partition coefficient (Wildman–Crippen LogP) is 2.17. The van der Waals surface area contributed by atoms with E-state index in [1.165, 1.54) is 0 Å². The Balaban J connectivity index is 2.89. The van der Waals surface area contributed by atoms with Gasteiger partial charge >= 0.3 is 0 Å². The molecule has 76 valence electrons. The van der Waals surface area contributed by atoms with E-state index in [1.807, 2.05) is 18.2 Å². The van der Waals surface area contributed by atoms with Crippen molar-refractivity contribution in [3.8, 4) is 5.75 Å². The summed E-state index contributed by atoms with van der Waals surface area (Å²) in [6, 6.07) is 5.53. The third kappa shape index (κ3) is 2.82. The summed E-state index contributed by atoms with van der Waals surface area (Å²) in [7, 11) is 1.55. The van der Waals surface area contributed by atoms with Gasteiger partial charge in [0, 0.05) is 23.6 Å². The van der Waals surface area contributed by atoms with Crippen LogP contribution in [0.25, 0.3) is 0 Å². The second kappa shape index (κ2) is 5.78. The fourth-order valence-corrected chi connectivity index (χ4v) is 1.59. The number of aldehydes is 1. The first kappa shape index (κ1) is 11.2. The standard InChI is InChI=1S/C10H11BrO3/c1-13-7-14-10-4-2-3-9(11)8(10)5-6-12/h2-4,6H,5,7H2,1H3. The predicted molar refractivity (Wildman–Crippen MR) is 56.4 cm³/mol. The number of benzene rings is 1. The van der Waals surface area contributed by atoms with Crippen molar-refractivity contribution in [2.24, 2.45) is 0 Å². The average molecular weight is 259 g/mol. The molecule has 0 saturated heterocycles. The van der Waals surface area contributed by atoms with Gasteiger partial charge in [0.15, 0.2) is 6.79 Å². The molecule has 0 N–H and O–H groups in total. The quantitative estimate of drug-likeness (QED) is 0.600. The molecule has 1 aromatic carbocycles. The normalized spacial score (nSPS) is 9.86. The summed E-state index contributed by atoms with van der Waals surface area (Å²) in [5, 5.41) is 0. The Morgan fingerprint density at radius 2 is 2.29 bits per heavy atom. The summed E-state index contributed by atoms with van der Waals surface area (Å²) in [5.41, 5.74) is 0.847. The van der Waals surface area contributed by atoms with Crippen molar-refractivity contribution in [3.05, 3.63) is 28.2 Å². The van der Waals surface area contributed by atoms with Crippen LogP contribution in [-0.2, 0) is 16.0 Å². The summed E-state index contributed by atoms with van der Waals surface area (Å²) in [5.74, 6) is 0.674. The zero-order chi connectivity index (χ0) is 10.4. The van der Waals surface area contributed by atoms with Crippen LogP contribution in [0.15, 0.2) is 22.7 Å². The van der Waals surface area contributed by atoms with Gasteiger partial charge in [-0.05, 0) is 12.1 Å². The van der Waals surface area contributed by atoms with Crippen molar-refractivity contribution in [3.63, 3.8) is 0 Å². The van der Waals surface area contributed by atoms with Gasteiger partial charge in [0.2, 0.25) is 0 Å². The molecule has 0 atom stereocenters. The van der Waals surface area contributed by atoms with Crippen LogP contribution in [-0.4, -0.2) is 20.2 Å². The van der Waals surface area contributed by atoms with Crippen LogP contribution in [0.2, 0.25) is 0 Å². The molecule has 0 aliphatic carbocycles. The van der Waals surface area contributed by atoms with Gasteiger partial charge in [0.1, 0.15) is 12.0 Å². The maximum Gasteiger partial charge on any atom is 0.188 e. The SMILES string of the molecule is COCOc1cccc(Br)c1CC=O. The number of methoxy groups -OCH3 is 1. The molecule has 0 saturated carbocycles. The van der Waals surface area contributed by atoms with Crippen molar-refractivity contribution in [2.75, 3.05) is 13.9 Å². The van der Waals surface area contributed by atoms with Gasteiger partial charge < -0.3 is 14.3 Å². The summed E-state index contributed by atoms with van der Waals surface area (Å²) >= 11 is 3.36. The van der Waals surface area contributed by atoms with Crippen LogP contribution in [0, 0.1) is 0 Å². The lowest BCUT2D eigenvalue weighted by molar-refractivity contribution is -0.107.